The number of hydrogen-bond donors (Lipinski definition) is 3. The van der Waals surface area contributed by atoms with Crippen molar-refractivity contribution in [1.29, 1.82) is 0 Å². The van der Waals surface area contributed by atoms with E-state index in [2.05, 4.69) is 31.0 Å². The highest BCUT2D eigenvalue weighted by molar-refractivity contribution is 6.01. The number of aromatic nitrogens is 4. The topological polar surface area (TPSA) is 123 Å². The molecule has 2 bridgehead atoms. The van der Waals surface area contributed by atoms with Gasteiger partial charge in [-0.15, -0.1) is 0 Å². The Labute approximate surface area is 197 Å². The summed E-state index contributed by atoms with van der Waals surface area (Å²) in [5.74, 6) is 0.548. The summed E-state index contributed by atoms with van der Waals surface area (Å²) in [5, 5.41) is 13.4. The van der Waals surface area contributed by atoms with Crippen molar-refractivity contribution in [2.75, 3.05) is 30.9 Å². The van der Waals surface area contributed by atoms with E-state index in [0.717, 1.165) is 5.57 Å². The average molecular weight is 462 g/mol. The van der Waals surface area contributed by atoms with E-state index in [1.165, 1.54) is 6.20 Å². The van der Waals surface area contributed by atoms with Crippen molar-refractivity contribution in [3.8, 4) is 0 Å². The number of rotatable bonds is 4. The van der Waals surface area contributed by atoms with Crippen molar-refractivity contribution in [3.63, 3.8) is 0 Å². The number of nitrogens with zero attached hydrogens (tertiary/aromatic N) is 4. The van der Waals surface area contributed by atoms with Gasteiger partial charge < -0.3 is 20.7 Å². The Bertz CT molecular complexity index is 1260. The molecule has 10 nitrogen and oxygen atoms in total. The monoisotopic (exact) mass is 461 g/mol. The van der Waals surface area contributed by atoms with Crippen molar-refractivity contribution < 1.29 is 14.3 Å². The first-order valence-electron chi connectivity index (χ1n) is 11.0. The normalized spacial score (nSPS) is 19.7. The molecule has 3 aromatic heterocycles. The second-order valence-electron chi connectivity index (χ2n) is 7.93. The maximum absolute atomic E-state index is 13.3. The van der Waals surface area contributed by atoms with E-state index in [4.69, 9.17) is 4.74 Å². The SMILES string of the molecule is C/C=C1\C=C(/C(=O)Cc2ccccn2)Nc2cc(NC)n3ncc(c3n2)C(=O)N[C@H](C)COC1. The summed E-state index contributed by atoms with van der Waals surface area (Å²) in [6.45, 7) is 4.33. The number of ether oxygens (including phenoxy) is 1. The van der Waals surface area contributed by atoms with Crippen LogP contribution in [0.2, 0.25) is 0 Å². The number of Topliss-reactive ketones (excluding diaryl/α,β-unsaturated/α-hetero) is 1. The largest absolute Gasteiger partial charge is 0.375 e. The molecule has 4 heterocycles. The van der Waals surface area contributed by atoms with Gasteiger partial charge in [0.05, 0.1) is 31.5 Å². The van der Waals surface area contributed by atoms with Gasteiger partial charge in [-0.3, -0.25) is 14.6 Å². The minimum atomic E-state index is -0.303. The summed E-state index contributed by atoms with van der Waals surface area (Å²) < 4.78 is 7.35. The highest BCUT2D eigenvalue weighted by Crippen LogP contribution is 2.21. The van der Waals surface area contributed by atoms with Gasteiger partial charge >= 0.3 is 0 Å². The maximum atomic E-state index is 13.3. The predicted molar refractivity (Wildman–Crippen MR) is 129 cm³/mol. The number of fused-ring (bicyclic) bond motifs is 1. The lowest BCUT2D eigenvalue weighted by Crippen LogP contribution is -2.36. The third-order valence-corrected chi connectivity index (χ3v) is 5.32. The van der Waals surface area contributed by atoms with E-state index in [1.807, 2.05) is 32.1 Å². The highest BCUT2D eigenvalue weighted by atomic mass is 16.5. The van der Waals surface area contributed by atoms with Crippen LogP contribution in [-0.4, -0.2) is 57.6 Å². The van der Waals surface area contributed by atoms with E-state index in [0.29, 0.717) is 40.8 Å². The molecular formula is C24H27N7O3. The van der Waals surface area contributed by atoms with Crippen LogP contribution >= 0.6 is 0 Å². The molecule has 34 heavy (non-hydrogen) atoms. The molecule has 1 atom stereocenters. The zero-order valence-corrected chi connectivity index (χ0v) is 19.3. The number of allylic oxidation sites excluding steroid dienone is 2. The number of nitrogens with one attached hydrogen (secondary N) is 3. The number of hydrogen-bond acceptors (Lipinski definition) is 8. The molecule has 0 aromatic carbocycles. The third-order valence-electron chi connectivity index (χ3n) is 5.32. The van der Waals surface area contributed by atoms with E-state index in [1.54, 1.807) is 36.0 Å². The van der Waals surface area contributed by atoms with E-state index >= 15 is 0 Å². The van der Waals surface area contributed by atoms with Gasteiger partial charge in [-0.1, -0.05) is 12.1 Å². The molecule has 0 saturated carbocycles. The fourth-order valence-electron chi connectivity index (χ4n) is 3.54. The molecule has 0 radical (unpaired) electrons. The summed E-state index contributed by atoms with van der Waals surface area (Å²) >= 11 is 0. The van der Waals surface area contributed by atoms with Crippen LogP contribution < -0.4 is 16.0 Å². The van der Waals surface area contributed by atoms with Crippen LogP contribution in [-0.2, 0) is 16.0 Å². The van der Waals surface area contributed by atoms with Crippen LogP contribution in [0.3, 0.4) is 0 Å². The minimum Gasteiger partial charge on any atom is -0.375 e. The Morgan fingerprint density at radius 1 is 1.38 bits per heavy atom. The second kappa shape index (κ2) is 10.3. The van der Waals surface area contributed by atoms with Crippen LogP contribution in [0.5, 0.6) is 0 Å². The fourth-order valence-corrected chi connectivity index (χ4v) is 3.54. The van der Waals surface area contributed by atoms with Crippen molar-refractivity contribution in [2.24, 2.45) is 0 Å². The van der Waals surface area contributed by atoms with Gasteiger partial charge in [-0.05, 0) is 37.6 Å². The van der Waals surface area contributed by atoms with Gasteiger partial charge in [-0.25, -0.2) is 4.98 Å². The van der Waals surface area contributed by atoms with Crippen molar-refractivity contribution in [2.45, 2.75) is 26.3 Å². The molecule has 10 heteroatoms. The molecule has 3 N–H and O–H groups in total. The van der Waals surface area contributed by atoms with Crippen LogP contribution in [0.25, 0.3) is 5.65 Å². The number of anilines is 2. The van der Waals surface area contributed by atoms with Gasteiger partial charge in [0, 0.05) is 31.0 Å². The lowest BCUT2D eigenvalue weighted by atomic mass is 10.1. The van der Waals surface area contributed by atoms with E-state index < -0.39 is 0 Å². The number of carbonyl (C=O) groups excluding carboxylic acids is 2. The Morgan fingerprint density at radius 3 is 2.97 bits per heavy atom. The first kappa shape index (κ1) is 23.1. The number of pyridine rings is 1. The summed E-state index contributed by atoms with van der Waals surface area (Å²) in [6, 6.07) is 6.95. The molecule has 0 spiro atoms. The molecule has 1 aliphatic rings. The summed E-state index contributed by atoms with van der Waals surface area (Å²) in [6.07, 6.45) is 6.90. The highest BCUT2D eigenvalue weighted by Gasteiger charge is 2.21. The molecule has 0 saturated heterocycles. The Hall–Kier alpha value is -4.05. The lowest BCUT2D eigenvalue weighted by molar-refractivity contribution is -0.114. The van der Waals surface area contributed by atoms with Gasteiger partial charge in [-0.2, -0.15) is 9.61 Å². The average Bonchev–Trinajstić information content (AvgIpc) is 3.26. The molecule has 176 valence electrons. The number of ketones is 1. The second-order valence-corrected chi connectivity index (χ2v) is 7.93. The Morgan fingerprint density at radius 2 is 2.24 bits per heavy atom. The summed E-state index contributed by atoms with van der Waals surface area (Å²) in [7, 11) is 1.75. The van der Waals surface area contributed by atoms with Crippen LogP contribution in [0, 0.1) is 0 Å². The maximum Gasteiger partial charge on any atom is 0.257 e. The van der Waals surface area contributed by atoms with Crippen LogP contribution in [0.1, 0.15) is 29.9 Å². The molecular weight excluding hydrogens is 434 g/mol. The van der Waals surface area contributed by atoms with Gasteiger partial charge in [0.15, 0.2) is 11.4 Å². The molecule has 1 amide bonds. The zero-order chi connectivity index (χ0) is 24.1. The first-order chi connectivity index (χ1) is 16.5. The van der Waals surface area contributed by atoms with Crippen molar-refractivity contribution in [3.05, 3.63) is 71.3 Å². The molecule has 0 fully saturated rings. The summed E-state index contributed by atoms with van der Waals surface area (Å²) in [4.78, 5) is 35.0. The van der Waals surface area contributed by atoms with Gasteiger partial charge in [0.25, 0.3) is 5.91 Å². The fraction of sp³-hybridized carbons (Fsp3) is 0.292. The Kier molecular flexibility index (Phi) is 6.98. The summed E-state index contributed by atoms with van der Waals surface area (Å²) in [5.41, 5.74) is 2.50. The third kappa shape index (κ3) is 5.12. The zero-order valence-electron chi connectivity index (χ0n) is 19.3. The van der Waals surface area contributed by atoms with Crippen molar-refractivity contribution >= 4 is 29.0 Å². The van der Waals surface area contributed by atoms with Crippen molar-refractivity contribution in [1.82, 2.24) is 24.9 Å². The molecule has 3 aromatic rings. The quantitative estimate of drug-likeness (QED) is 0.541. The van der Waals surface area contributed by atoms with E-state index in [-0.39, 0.29) is 30.8 Å². The number of carbonyl (C=O) groups is 2. The lowest BCUT2D eigenvalue weighted by Gasteiger charge is -2.17. The van der Waals surface area contributed by atoms with Crippen LogP contribution in [0.15, 0.2) is 60.1 Å². The predicted octanol–water partition coefficient (Wildman–Crippen LogP) is 2.37. The first-order valence-corrected chi connectivity index (χ1v) is 11.0. The van der Waals surface area contributed by atoms with Gasteiger partial charge in [0.2, 0.25) is 0 Å². The van der Waals surface area contributed by atoms with Gasteiger partial charge in [0.1, 0.15) is 17.2 Å². The standard InChI is InChI=1S/C24H27N7O3/c1-4-16-9-19(20(32)10-17-7-5-6-8-26-17)29-21-11-22(25-3)31-23(30-21)18(12-27-31)24(33)28-15(2)13-34-14-16/h4-9,11-12,15,25H,10,13-14H2,1-3H3,(H,28,33)(H,29,30)/b16-4+,19-9+/t15-/m1/s1. The van der Waals surface area contributed by atoms with E-state index in [9.17, 15) is 9.59 Å². The molecule has 4 rings (SSSR count). The smallest absolute Gasteiger partial charge is 0.257 e. The molecule has 0 aliphatic carbocycles. The number of amides is 1. The molecule has 1 aliphatic heterocycles. The molecule has 0 unspecified atom stereocenters. The Balaban J connectivity index is 1.80. The van der Waals surface area contributed by atoms with Crippen LogP contribution in [0.4, 0.5) is 11.6 Å². The minimum absolute atomic E-state index is 0.121.